The molecular formula is C35H43N5O4. The zero-order valence-corrected chi connectivity index (χ0v) is 25.9. The van der Waals surface area contributed by atoms with Gasteiger partial charge in [-0.25, -0.2) is 4.98 Å². The van der Waals surface area contributed by atoms with Crippen LogP contribution in [0.2, 0.25) is 0 Å². The van der Waals surface area contributed by atoms with Crippen LogP contribution in [0.5, 0.6) is 11.5 Å². The molecule has 9 nitrogen and oxygen atoms in total. The number of hydrogen-bond acceptors (Lipinski definition) is 7. The van der Waals surface area contributed by atoms with E-state index in [0.717, 1.165) is 80.6 Å². The van der Waals surface area contributed by atoms with E-state index in [-0.39, 0.29) is 18.6 Å². The number of amides is 1. The van der Waals surface area contributed by atoms with E-state index in [1.807, 2.05) is 55.3 Å². The SMILES string of the molecule is CCOCCn1c(N2CCCN(CCC(CN(C)C(=O)c3ccccc3)c3ccc4c(c3)OCO4)CC2)nc2ccccc21. The van der Waals surface area contributed by atoms with E-state index in [4.69, 9.17) is 19.2 Å². The predicted molar refractivity (Wildman–Crippen MR) is 173 cm³/mol. The average Bonchev–Trinajstić information content (AvgIpc) is 3.60. The maximum atomic E-state index is 13.2. The first kappa shape index (κ1) is 30.0. The molecule has 4 aromatic rings. The molecule has 2 aliphatic rings. The van der Waals surface area contributed by atoms with E-state index in [2.05, 4.69) is 50.8 Å². The van der Waals surface area contributed by atoms with Gasteiger partial charge in [0.25, 0.3) is 5.91 Å². The van der Waals surface area contributed by atoms with Crippen LogP contribution in [-0.4, -0.2) is 91.6 Å². The van der Waals surface area contributed by atoms with Gasteiger partial charge in [-0.3, -0.25) is 4.79 Å². The number of likely N-dealkylation sites (N-methyl/N-ethyl adjacent to an activating group) is 1. The van der Waals surface area contributed by atoms with E-state index < -0.39 is 0 Å². The highest BCUT2D eigenvalue weighted by Gasteiger charge is 2.25. The largest absolute Gasteiger partial charge is 0.454 e. The van der Waals surface area contributed by atoms with Crippen LogP contribution in [0.4, 0.5) is 5.95 Å². The maximum absolute atomic E-state index is 13.2. The van der Waals surface area contributed by atoms with Crippen LogP contribution >= 0.6 is 0 Å². The van der Waals surface area contributed by atoms with Gasteiger partial charge in [0.15, 0.2) is 11.5 Å². The van der Waals surface area contributed by atoms with Gasteiger partial charge in [-0.15, -0.1) is 0 Å². The molecule has 1 saturated heterocycles. The molecule has 232 valence electrons. The topological polar surface area (TPSA) is 72.3 Å². The highest BCUT2D eigenvalue weighted by Crippen LogP contribution is 2.36. The summed E-state index contributed by atoms with van der Waals surface area (Å²) in [5.74, 6) is 2.79. The van der Waals surface area contributed by atoms with Gasteiger partial charge in [-0.05, 0) is 74.8 Å². The molecule has 6 rings (SSSR count). The van der Waals surface area contributed by atoms with Crippen molar-refractivity contribution in [2.75, 3.05) is 71.2 Å². The number of fused-ring (bicyclic) bond motifs is 2. The van der Waals surface area contributed by atoms with Crippen LogP contribution < -0.4 is 14.4 Å². The Bertz CT molecular complexity index is 1540. The number of aromatic nitrogens is 2. The highest BCUT2D eigenvalue weighted by atomic mass is 16.7. The number of carbonyl (C=O) groups excluding carboxylic acids is 1. The standard InChI is InChI=1S/C35H43N5O4/c1-3-42-23-22-40-31-13-8-7-12-30(31)36-35(40)39-18-9-17-38(20-21-39)19-16-29(28-14-15-32-33(24-28)44-26-43-32)25-37(2)34(41)27-10-5-4-6-11-27/h4-8,10-15,24,29H,3,9,16-23,25-26H2,1-2H3. The van der Waals surface area contributed by atoms with Crippen LogP contribution in [0.25, 0.3) is 11.0 Å². The Morgan fingerprint density at radius 2 is 1.77 bits per heavy atom. The first-order valence-electron chi connectivity index (χ1n) is 15.8. The summed E-state index contributed by atoms with van der Waals surface area (Å²) in [6.45, 7) is 9.90. The van der Waals surface area contributed by atoms with Gasteiger partial charge >= 0.3 is 0 Å². The molecule has 0 N–H and O–H groups in total. The van der Waals surface area contributed by atoms with E-state index in [9.17, 15) is 4.79 Å². The van der Waals surface area contributed by atoms with Crippen molar-refractivity contribution >= 4 is 22.9 Å². The van der Waals surface area contributed by atoms with Crippen LogP contribution in [0.3, 0.4) is 0 Å². The van der Waals surface area contributed by atoms with Crippen LogP contribution in [-0.2, 0) is 11.3 Å². The molecule has 0 spiro atoms. The van der Waals surface area contributed by atoms with Gasteiger partial charge in [0, 0.05) is 57.9 Å². The van der Waals surface area contributed by atoms with E-state index in [1.54, 1.807) is 0 Å². The molecule has 0 saturated carbocycles. The van der Waals surface area contributed by atoms with Crippen LogP contribution in [0.1, 0.15) is 41.6 Å². The number of anilines is 1. The minimum atomic E-state index is 0.0361. The van der Waals surface area contributed by atoms with Gasteiger partial charge in [-0.1, -0.05) is 36.4 Å². The number of carbonyl (C=O) groups is 1. The minimum absolute atomic E-state index is 0.0361. The van der Waals surface area contributed by atoms with Crippen molar-refractivity contribution in [3.8, 4) is 11.5 Å². The third kappa shape index (κ3) is 6.84. The van der Waals surface area contributed by atoms with Crippen molar-refractivity contribution in [2.45, 2.75) is 32.2 Å². The monoisotopic (exact) mass is 597 g/mol. The van der Waals surface area contributed by atoms with Gasteiger partial charge in [0.2, 0.25) is 12.7 Å². The molecule has 0 aliphatic carbocycles. The van der Waals surface area contributed by atoms with Gasteiger partial charge in [0.1, 0.15) is 0 Å². The van der Waals surface area contributed by atoms with E-state index in [0.29, 0.717) is 25.3 Å². The lowest BCUT2D eigenvalue weighted by Crippen LogP contribution is -2.35. The first-order chi connectivity index (χ1) is 21.6. The summed E-state index contributed by atoms with van der Waals surface area (Å²) >= 11 is 0. The lowest BCUT2D eigenvalue weighted by molar-refractivity contribution is 0.0782. The van der Waals surface area contributed by atoms with Crippen molar-refractivity contribution in [3.05, 3.63) is 83.9 Å². The van der Waals surface area contributed by atoms with Crippen molar-refractivity contribution in [3.63, 3.8) is 0 Å². The molecular weight excluding hydrogens is 554 g/mol. The summed E-state index contributed by atoms with van der Waals surface area (Å²) in [7, 11) is 1.90. The highest BCUT2D eigenvalue weighted by molar-refractivity contribution is 5.94. The van der Waals surface area contributed by atoms with Crippen molar-refractivity contribution in [1.82, 2.24) is 19.4 Å². The number of benzene rings is 3. The molecule has 1 unspecified atom stereocenters. The lowest BCUT2D eigenvalue weighted by Gasteiger charge is -2.28. The average molecular weight is 598 g/mol. The number of imidazole rings is 1. The Morgan fingerprint density at radius 3 is 2.64 bits per heavy atom. The molecule has 44 heavy (non-hydrogen) atoms. The Labute approximate surface area is 259 Å². The van der Waals surface area contributed by atoms with Crippen LogP contribution in [0, 0.1) is 0 Å². The smallest absolute Gasteiger partial charge is 0.253 e. The quantitative estimate of drug-likeness (QED) is 0.206. The fraction of sp³-hybridized carbons (Fsp3) is 0.429. The first-order valence-corrected chi connectivity index (χ1v) is 15.8. The normalized spacial score (nSPS) is 15.8. The van der Waals surface area contributed by atoms with Crippen molar-refractivity contribution in [2.24, 2.45) is 0 Å². The Hall–Kier alpha value is -4.08. The second-order valence-electron chi connectivity index (χ2n) is 11.6. The molecule has 1 fully saturated rings. The second kappa shape index (κ2) is 14.1. The third-order valence-electron chi connectivity index (χ3n) is 8.69. The molecule has 3 heterocycles. The Balaban J connectivity index is 1.14. The minimum Gasteiger partial charge on any atom is -0.454 e. The number of para-hydroxylation sites is 2. The van der Waals surface area contributed by atoms with Crippen LogP contribution in [0.15, 0.2) is 72.8 Å². The fourth-order valence-corrected chi connectivity index (χ4v) is 6.30. The molecule has 1 aromatic heterocycles. The molecule has 0 radical (unpaired) electrons. The molecule has 3 aromatic carbocycles. The number of hydrogen-bond donors (Lipinski definition) is 0. The van der Waals surface area contributed by atoms with Crippen molar-refractivity contribution < 1.29 is 19.0 Å². The maximum Gasteiger partial charge on any atom is 0.253 e. The van der Waals surface area contributed by atoms with Gasteiger partial charge in [0.05, 0.1) is 17.6 Å². The summed E-state index contributed by atoms with van der Waals surface area (Å²) < 4.78 is 19.3. The number of rotatable bonds is 12. The fourth-order valence-electron chi connectivity index (χ4n) is 6.30. The second-order valence-corrected chi connectivity index (χ2v) is 11.6. The summed E-state index contributed by atoms with van der Waals surface area (Å²) in [5, 5.41) is 0. The summed E-state index contributed by atoms with van der Waals surface area (Å²) in [6.07, 6.45) is 1.99. The Kier molecular flexibility index (Phi) is 9.63. The van der Waals surface area contributed by atoms with E-state index in [1.165, 1.54) is 5.56 Å². The Morgan fingerprint density at radius 1 is 0.955 bits per heavy atom. The molecule has 1 atom stereocenters. The molecule has 0 bridgehead atoms. The molecule has 1 amide bonds. The summed E-state index contributed by atoms with van der Waals surface area (Å²) in [4.78, 5) is 25.1. The molecule has 2 aliphatic heterocycles. The third-order valence-corrected chi connectivity index (χ3v) is 8.69. The zero-order chi connectivity index (χ0) is 30.3. The van der Waals surface area contributed by atoms with E-state index >= 15 is 0 Å². The van der Waals surface area contributed by atoms with Gasteiger partial charge in [-0.2, -0.15) is 0 Å². The number of nitrogens with zero attached hydrogens (tertiary/aromatic N) is 5. The van der Waals surface area contributed by atoms with Gasteiger partial charge < -0.3 is 33.5 Å². The summed E-state index contributed by atoms with van der Waals surface area (Å²) in [5.41, 5.74) is 4.06. The molecule has 9 heteroatoms. The van der Waals surface area contributed by atoms with Crippen molar-refractivity contribution in [1.29, 1.82) is 0 Å². The number of ether oxygens (including phenoxy) is 3. The zero-order valence-electron chi connectivity index (χ0n) is 25.9. The predicted octanol–water partition coefficient (Wildman–Crippen LogP) is 5.26. The lowest BCUT2D eigenvalue weighted by atomic mass is 9.94. The summed E-state index contributed by atoms with van der Waals surface area (Å²) in [6, 6.07) is 24.1.